The number of ether oxygens (including phenoxy) is 1. The molecule has 0 aromatic heterocycles. The SMILES string of the molecule is CC(=O)O.CC(=O)O.CCCCCCC(CCCCCC)C(=O)OCC. The third-order valence-electron chi connectivity index (χ3n) is 3.43. The van der Waals surface area contributed by atoms with Gasteiger partial charge in [0.1, 0.15) is 0 Å². The van der Waals surface area contributed by atoms with Crippen molar-refractivity contribution in [2.24, 2.45) is 5.92 Å². The van der Waals surface area contributed by atoms with Crippen LogP contribution in [-0.2, 0) is 19.1 Å². The summed E-state index contributed by atoms with van der Waals surface area (Å²) in [5.41, 5.74) is 0. The number of carbonyl (C=O) groups excluding carboxylic acids is 1. The number of hydrogen-bond donors (Lipinski definition) is 2. The topological polar surface area (TPSA) is 101 Å². The van der Waals surface area contributed by atoms with Crippen LogP contribution in [0.5, 0.6) is 0 Å². The molecule has 2 N–H and O–H groups in total. The highest BCUT2D eigenvalue weighted by Crippen LogP contribution is 2.19. The Kier molecular flexibility index (Phi) is 26.3. The van der Waals surface area contributed by atoms with Crippen LogP contribution in [0.1, 0.15) is 98.8 Å². The minimum absolute atomic E-state index is 0.0329. The first-order valence-corrected chi connectivity index (χ1v) is 9.78. The maximum absolute atomic E-state index is 11.8. The van der Waals surface area contributed by atoms with Gasteiger partial charge in [-0.1, -0.05) is 65.2 Å². The molecule has 156 valence electrons. The normalized spacial score (nSPS) is 9.46. The van der Waals surface area contributed by atoms with Crippen molar-refractivity contribution in [3.63, 3.8) is 0 Å². The van der Waals surface area contributed by atoms with Crippen molar-refractivity contribution in [1.82, 2.24) is 0 Å². The van der Waals surface area contributed by atoms with Gasteiger partial charge in [-0.05, 0) is 19.8 Å². The van der Waals surface area contributed by atoms with E-state index >= 15 is 0 Å². The van der Waals surface area contributed by atoms with Gasteiger partial charge in [0.25, 0.3) is 11.9 Å². The maximum atomic E-state index is 11.8. The van der Waals surface area contributed by atoms with Crippen LogP contribution >= 0.6 is 0 Å². The van der Waals surface area contributed by atoms with Gasteiger partial charge in [0.2, 0.25) is 0 Å². The fraction of sp³-hybridized carbons (Fsp3) is 0.850. The van der Waals surface area contributed by atoms with Crippen molar-refractivity contribution >= 4 is 17.9 Å². The fourth-order valence-electron chi connectivity index (χ4n) is 2.28. The Bertz CT molecular complexity index is 309. The van der Waals surface area contributed by atoms with Gasteiger partial charge in [0.15, 0.2) is 0 Å². The van der Waals surface area contributed by atoms with Crippen molar-refractivity contribution in [1.29, 1.82) is 0 Å². The van der Waals surface area contributed by atoms with Crippen molar-refractivity contribution in [2.75, 3.05) is 6.61 Å². The van der Waals surface area contributed by atoms with Crippen molar-refractivity contribution in [3.05, 3.63) is 0 Å². The molecule has 0 aliphatic carbocycles. The van der Waals surface area contributed by atoms with Gasteiger partial charge in [0, 0.05) is 13.8 Å². The van der Waals surface area contributed by atoms with Gasteiger partial charge in [-0.3, -0.25) is 14.4 Å². The first kappa shape index (κ1) is 29.2. The van der Waals surface area contributed by atoms with Crippen LogP contribution in [0.3, 0.4) is 0 Å². The number of carboxylic acid groups (broad SMARTS) is 2. The molecule has 0 aromatic carbocycles. The summed E-state index contributed by atoms with van der Waals surface area (Å²) in [7, 11) is 0. The quantitative estimate of drug-likeness (QED) is 0.354. The molecule has 0 aromatic rings. The molecule has 0 aliphatic rings. The Hall–Kier alpha value is -1.59. The molecule has 0 heterocycles. The monoisotopic (exact) mass is 376 g/mol. The summed E-state index contributed by atoms with van der Waals surface area (Å²) in [5, 5.41) is 14.8. The van der Waals surface area contributed by atoms with E-state index in [4.69, 9.17) is 24.5 Å². The minimum Gasteiger partial charge on any atom is -0.481 e. The number of carbonyl (C=O) groups is 3. The maximum Gasteiger partial charge on any atom is 0.308 e. The number of hydrogen-bond acceptors (Lipinski definition) is 4. The molecule has 0 radical (unpaired) electrons. The second-order valence-electron chi connectivity index (χ2n) is 6.19. The first-order valence-electron chi connectivity index (χ1n) is 9.78. The zero-order valence-electron chi connectivity index (χ0n) is 17.4. The largest absolute Gasteiger partial charge is 0.481 e. The van der Waals surface area contributed by atoms with Crippen LogP contribution in [-0.4, -0.2) is 34.7 Å². The Labute approximate surface area is 159 Å². The highest BCUT2D eigenvalue weighted by Gasteiger charge is 2.18. The average molecular weight is 377 g/mol. The van der Waals surface area contributed by atoms with E-state index in [1.807, 2.05) is 6.92 Å². The summed E-state index contributed by atoms with van der Waals surface area (Å²) >= 11 is 0. The van der Waals surface area contributed by atoms with Gasteiger partial charge in [-0.2, -0.15) is 0 Å². The van der Waals surface area contributed by atoms with Crippen molar-refractivity contribution in [2.45, 2.75) is 98.8 Å². The lowest BCUT2D eigenvalue weighted by Gasteiger charge is -2.15. The summed E-state index contributed by atoms with van der Waals surface area (Å²) in [4.78, 5) is 29.8. The van der Waals surface area contributed by atoms with E-state index < -0.39 is 11.9 Å². The molecule has 0 aliphatic heterocycles. The lowest BCUT2D eigenvalue weighted by atomic mass is 9.94. The molecule has 0 rings (SSSR count). The minimum atomic E-state index is -0.833. The number of aliphatic carboxylic acids is 2. The summed E-state index contributed by atoms with van der Waals surface area (Å²) in [6.45, 7) is 9.00. The summed E-state index contributed by atoms with van der Waals surface area (Å²) in [6, 6.07) is 0. The van der Waals surface area contributed by atoms with E-state index in [0.717, 1.165) is 26.7 Å². The first-order chi connectivity index (χ1) is 12.2. The summed E-state index contributed by atoms with van der Waals surface area (Å²) in [6.07, 6.45) is 12.0. The molecule has 0 fully saturated rings. The number of esters is 1. The molecular weight excluding hydrogens is 336 g/mol. The van der Waals surface area contributed by atoms with E-state index in [9.17, 15) is 4.79 Å². The lowest BCUT2D eigenvalue weighted by molar-refractivity contribution is -0.148. The molecule has 6 nitrogen and oxygen atoms in total. The molecule has 0 amide bonds. The van der Waals surface area contributed by atoms with Crippen LogP contribution in [0.2, 0.25) is 0 Å². The highest BCUT2D eigenvalue weighted by atomic mass is 16.5. The van der Waals surface area contributed by atoms with Crippen LogP contribution in [0.4, 0.5) is 0 Å². The van der Waals surface area contributed by atoms with E-state index in [0.29, 0.717) is 6.61 Å². The van der Waals surface area contributed by atoms with Crippen molar-refractivity contribution < 1.29 is 29.3 Å². The summed E-state index contributed by atoms with van der Waals surface area (Å²) in [5.74, 6) is -1.48. The molecule has 0 spiro atoms. The third-order valence-corrected chi connectivity index (χ3v) is 3.43. The van der Waals surface area contributed by atoms with E-state index in [1.54, 1.807) is 0 Å². The summed E-state index contributed by atoms with van der Waals surface area (Å²) < 4.78 is 5.18. The van der Waals surface area contributed by atoms with Crippen LogP contribution in [0.15, 0.2) is 0 Å². The molecular formula is C20H40O6. The van der Waals surface area contributed by atoms with E-state index in [2.05, 4.69) is 13.8 Å². The molecule has 0 saturated heterocycles. The van der Waals surface area contributed by atoms with E-state index in [1.165, 1.54) is 51.4 Å². The lowest BCUT2D eigenvalue weighted by Crippen LogP contribution is -2.18. The Balaban J connectivity index is -0.000000551. The number of rotatable bonds is 12. The third kappa shape index (κ3) is 33.9. The molecule has 6 heteroatoms. The Morgan fingerprint density at radius 2 is 1.08 bits per heavy atom. The van der Waals surface area contributed by atoms with Crippen LogP contribution < -0.4 is 0 Å². The van der Waals surface area contributed by atoms with Gasteiger partial charge in [-0.15, -0.1) is 0 Å². The smallest absolute Gasteiger partial charge is 0.308 e. The van der Waals surface area contributed by atoms with Gasteiger partial charge in [-0.25, -0.2) is 0 Å². The second kappa shape index (κ2) is 23.4. The van der Waals surface area contributed by atoms with E-state index in [-0.39, 0.29) is 11.9 Å². The predicted molar refractivity (Wildman–Crippen MR) is 104 cm³/mol. The standard InChI is InChI=1S/C16H32O2.2C2H4O2/c1-4-7-9-11-13-15(16(17)18-6-3)14-12-10-8-5-2;2*1-2(3)4/h15H,4-14H2,1-3H3;2*1H3,(H,3,4). The fourth-order valence-corrected chi connectivity index (χ4v) is 2.28. The predicted octanol–water partition coefficient (Wildman–Crippen LogP) is 5.29. The van der Waals surface area contributed by atoms with Gasteiger partial charge >= 0.3 is 5.97 Å². The molecule has 0 saturated carbocycles. The van der Waals surface area contributed by atoms with Crippen LogP contribution in [0, 0.1) is 5.92 Å². The molecule has 0 bridgehead atoms. The zero-order chi connectivity index (χ0) is 20.8. The number of unbranched alkanes of at least 4 members (excludes halogenated alkanes) is 6. The van der Waals surface area contributed by atoms with Gasteiger partial charge in [0.05, 0.1) is 12.5 Å². The van der Waals surface area contributed by atoms with Gasteiger partial charge < -0.3 is 14.9 Å². The second-order valence-corrected chi connectivity index (χ2v) is 6.19. The molecule has 0 atom stereocenters. The average Bonchev–Trinajstić information content (AvgIpc) is 2.52. The Morgan fingerprint density at radius 1 is 0.731 bits per heavy atom. The molecule has 26 heavy (non-hydrogen) atoms. The Morgan fingerprint density at radius 3 is 1.35 bits per heavy atom. The number of carboxylic acids is 2. The highest BCUT2D eigenvalue weighted by molar-refractivity contribution is 5.72. The van der Waals surface area contributed by atoms with Crippen molar-refractivity contribution in [3.8, 4) is 0 Å². The molecule has 0 unspecified atom stereocenters. The van der Waals surface area contributed by atoms with Crippen LogP contribution in [0.25, 0.3) is 0 Å². The zero-order valence-corrected chi connectivity index (χ0v) is 17.4.